The fourth-order valence-electron chi connectivity index (χ4n) is 4.51. The number of carbonyl (C=O) groups is 2. The predicted octanol–water partition coefficient (Wildman–Crippen LogP) is 2.38. The molecule has 5 rings (SSSR count). The van der Waals surface area contributed by atoms with Gasteiger partial charge in [0.1, 0.15) is 5.76 Å². The van der Waals surface area contributed by atoms with E-state index in [-0.39, 0.29) is 17.9 Å². The zero-order valence-electron chi connectivity index (χ0n) is 16.4. The van der Waals surface area contributed by atoms with Gasteiger partial charge in [0.15, 0.2) is 0 Å². The highest BCUT2D eigenvalue weighted by atomic mass is 16.5. The van der Waals surface area contributed by atoms with E-state index in [1.807, 2.05) is 24.3 Å². The molecule has 3 aliphatic heterocycles. The summed E-state index contributed by atoms with van der Waals surface area (Å²) in [6.45, 7) is 5.23. The van der Waals surface area contributed by atoms with Crippen LogP contribution < -0.4 is 4.90 Å². The first-order valence-electron chi connectivity index (χ1n) is 10.3. The average Bonchev–Trinajstić information content (AvgIpc) is 3.49. The summed E-state index contributed by atoms with van der Waals surface area (Å²) in [6.07, 6.45) is 3.55. The Balaban J connectivity index is 1.31. The molecule has 1 unspecified atom stereocenters. The molecule has 2 amide bonds. The van der Waals surface area contributed by atoms with Crippen molar-refractivity contribution in [2.24, 2.45) is 0 Å². The standard InChI is InChI=1S/C22H25N3O4/c26-21-18-6-1-7-19(20(18)22(27)25(21)15-17-5-3-13-29-17)24-10-8-23(9-11-24)14-16-4-2-12-28-16/h1-2,4,6-7,12,17H,3,5,8-11,13-15H2. The third kappa shape index (κ3) is 3.45. The van der Waals surface area contributed by atoms with Gasteiger partial charge in [-0.2, -0.15) is 0 Å². The fourth-order valence-corrected chi connectivity index (χ4v) is 4.51. The van der Waals surface area contributed by atoms with Gasteiger partial charge in [0.25, 0.3) is 11.8 Å². The number of ether oxygens (including phenoxy) is 1. The lowest BCUT2D eigenvalue weighted by Gasteiger charge is -2.36. The summed E-state index contributed by atoms with van der Waals surface area (Å²) in [4.78, 5) is 31.9. The maximum absolute atomic E-state index is 13.1. The molecular formula is C22H25N3O4. The molecule has 3 aliphatic rings. The lowest BCUT2D eigenvalue weighted by atomic mass is 10.1. The van der Waals surface area contributed by atoms with Crippen LogP contribution in [-0.2, 0) is 11.3 Å². The van der Waals surface area contributed by atoms with Gasteiger partial charge in [0, 0.05) is 32.8 Å². The van der Waals surface area contributed by atoms with E-state index in [9.17, 15) is 9.59 Å². The van der Waals surface area contributed by atoms with Crippen molar-refractivity contribution in [1.82, 2.24) is 9.80 Å². The molecule has 0 bridgehead atoms. The highest BCUT2D eigenvalue weighted by Crippen LogP contribution is 2.33. The number of benzene rings is 1. The number of rotatable bonds is 5. The Labute approximate surface area is 169 Å². The molecular weight excluding hydrogens is 370 g/mol. The van der Waals surface area contributed by atoms with Gasteiger partial charge in [0.05, 0.1) is 42.3 Å². The van der Waals surface area contributed by atoms with Gasteiger partial charge in [-0.1, -0.05) is 6.07 Å². The van der Waals surface area contributed by atoms with E-state index in [0.29, 0.717) is 24.3 Å². The van der Waals surface area contributed by atoms with Crippen LogP contribution in [0.15, 0.2) is 41.0 Å². The molecule has 7 heteroatoms. The maximum Gasteiger partial charge on any atom is 0.263 e. The summed E-state index contributed by atoms with van der Waals surface area (Å²) >= 11 is 0. The van der Waals surface area contributed by atoms with E-state index in [4.69, 9.17) is 9.15 Å². The molecule has 1 atom stereocenters. The highest BCUT2D eigenvalue weighted by Gasteiger charge is 2.40. The van der Waals surface area contributed by atoms with Crippen molar-refractivity contribution in [3.63, 3.8) is 0 Å². The zero-order chi connectivity index (χ0) is 19.8. The first kappa shape index (κ1) is 18.4. The van der Waals surface area contributed by atoms with Crippen LogP contribution in [0.25, 0.3) is 0 Å². The van der Waals surface area contributed by atoms with Crippen LogP contribution in [0, 0.1) is 0 Å². The largest absolute Gasteiger partial charge is 0.468 e. The lowest BCUT2D eigenvalue weighted by molar-refractivity contribution is 0.0475. The molecule has 0 N–H and O–H groups in total. The summed E-state index contributed by atoms with van der Waals surface area (Å²) in [7, 11) is 0. The van der Waals surface area contributed by atoms with Crippen molar-refractivity contribution < 1.29 is 18.7 Å². The quantitative estimate of drug-likeness (QED) is 0.725. The number of fused-ring (bicyclic) bond motifs is 1. The summed E-state index contributed by atoms with van der Waals surface area (Å²) < 4.78 is 11.1. The van der Waals surface area contributed by atoms with Crippen molar-refractivity contribution in [3.05, 3.63) is 53.5 Å². The van der Waals surface area contributed by atoms with Crippen LogP contribution in [0.5, 0.6) is 0 Å². The van der Waals surface area contributed by atoms with Crippen LogP contribution in [0.2, 0.25) is 0 Å². The van der Waals surface area contributed by atoms with Crippen molar-refractivity contribution in [2.75, 3.05) is 44.2 Å². The van der Waals surface area contributed by atoms with E-state index >= 15 is 0 Å². The first-order valence-corrected chi connectivity index (χ1v) is 10.3. The Morgan fingerprint density at radius 1 is 1.00 bits per heavy atom. The lowest BCUT2D eigenvalue weighted by Crippen LogP contribution is -2.46. The predicted molar refractivity (Wildman–Crippen MR) is 107 cm³/mol. The minimum Gasteiger partial charge on any atom is -0.468 e. The molecule has 1 aromatic carbocycles. The number of imide groups is 1. The van der Waals surface area contributed by atoms with Crippen LogP contribution in [-0.4, -0.2) is 67.0 Å². The second-order valence-electron chi connectivity index (χ2n) is 7.90. The van der Waals surface area contributed by atoms with E-state index in [2.05, 4.69) is 9.80 Å². The molecule has 2 fully saturated rings. The number of hydrogen-bond donors (Lipinski definition) is 0. The van der Waals surface area contributed by atoms with Crippen LogP contribution in [0.1, 0.15) is 39.3 Å². The first-order chi connectivity index (χ1) is 14.2. The van der Waals surface area contributed by atoms with Gasteiger partial charge in [-0.25, -0.2) is 0 Å². The number of nitrogens with zero attached hydrogens (tertiary/aromatic N) is 3. The van der Waals surface area contributed by atoms with Crippen molar-refractivity contribution in [2.45, 2.75) is 25.5 Å². The monoisotopic (exact) mass is 395 g/mol. The normalized spacial score (nSPS) is 22.6. The van der Waals surface area contributed by atoms with Gasteiger partial charge < -0.3 is 14.1 Å². The number of furan rings is 1. The van der Waals surface area contributed by atoms with Crippen LogP contribution in [0.4, 0.5) is 5.69 Å². The van der Waals surface area contributed by atoms with Crippen LogP contribution in [0.3, 0.4) is 0 Å². The van der Waals surface area contributed by atoms with E-state index in [1.165, 1.54) is 4.90 Å². The average molecular weight is 395 g/mol. The second kappa shape index (κ2) is 7.65. The van der Waals surface area contributed by atoms with Gasteiger partial charge in [-0.05, 0) is 37.1 Å². The highest BCUT2D eigenvalue weighted by molar-refractivity contribution is 6.23. The molecule has 0 spiro atoms. The summed E-state index contributed by atoms with van der Waals surface area (Å²) in [5, 5.41) is 0. The number of piperazine rings is 1. The van der Waals surface area contributed by atoms with Crippen LogP contribution >= 0.6 is 0 Å². The minimum absolute atomic E-state index is 0.0363. The van der Waals surface area contributed by atoms with Crippen molar-refractivity contribution in [1.29, 1.82) is 0 Å². The van der Waals surface area contributed by atoms with Gasteiger partial charge in [-0.3, -0.25) is 19.4 Å². The molecule has 29 heavy (non-hydrogen) atoms. The third-order valence-corrected chi connectivity index (χ3v) is 6.06. The smallest absolute Gasteiger partial charge is 0.263 e. The molecule has 2 aromatic rings. The number of carbonyl (C=O) groups excluding carboxylic acids is 2. The summed E-state index contributed by atoms with van der Waals surface area (Å²) in [6, 6.07) is 9.50. The molecule has 152 valence electrons. The SMILES string of the molecule is O=C1c2cccc(N3CCN(Cc4ccco4)CC3)c2C(=O)N1CC1CCCO1. The zero-order valence-corrected chi connectivity index (χ0v) is 16.4. The Morgan fingerprint density at radius 2 is 1.86 bits per heavy atom. The van der Waals surface area contributed by atoms with Crippen molar-refractivity contribution >= 4 is 17.5 Å². The fraction of sp³-hybridized carbons (Fsp3) is 0.455. The molecule has 0 aliphatic carbocycles. The Bertz CT molecular complexity index is 897. The molecule has 7 nitrogen and oxygen atoms in total. The minimum atomic E-state index is -0.196. The molecule has 0 radical (unpaired) electrons. The van der Waals surface area contributed by atoms with Gasteiger partial charge in [0.2, 0.25) is 0 Å². The molecule has 2 saturated heterocycles. The van der Waals surface area contributed by atoms with E-state index in [0.717, 1.165) is 57.0 Å². The van der Waals surface area contributed by atoms with Gasteiger partial charge >= 0.3 is 0 Å². The topological polar surface area (TPSA) is 66.2 Å². The Morgan fingerprint density at radius 3 is 2.59 bits per heavy atom. The Kier molecular flexibility index (Phi) is 4.85. The third-order valence-electron chi connectivity index (χ3n) is 6.06. The van der Waals surface area contributed by atoms with E-state index in [1.54, 1.807) is 12.3 Å². The number of hydrogen-bond acceptors (Lipinski definition) is 6. The molecule has 1 aromatic heterocycles. The maximum atomic E-state index is 13.1. The summed E-state index contributed by atoms with van der Waals surface area (Å²) in [5.41, 5.74) is 1.94. The molecule has 0 saturated carbocycles. The Hall–Kier alpha value is -2.64. The van der Waals surface area contributed by atoms with Crippen molar-refractivity contribution in [3.8, 4) is 0 Å². The number of amides is 2. The van der Waals surface area contributed by atoms with Gasteiger partial charge in [-0.15, -0.1) is 0 Å². The second-order valence-corrected chi connectivity index (χ2v) is 7.90. The van der Waals surface area contributed by atoms with E-state index < -0.39 is 0 Å². The molecule has 4 heterocycles. The number of anilines is 1. The summed E-state index contributed by atoms with van der Waals surface area (Å²) in [5.74, 6) is 0.581.